The van der Waals surface area contributed by atoms with Crippen LogP contribution >= 0.6 is 0 Å². The van der Waals surface area contributed by atoms with E-state index in [-0.39, 0.29) is 6.61 Å². The van der Waals surface area contributed by atoms with Crippen molar-refractivity contribution in [1.82, 2.24) is 15.3 Å². The predicted molar refractivity (Wildman–Crippen MR) is 114 cm³/mol. The molecule has 0 amide bonds. The van der Waals surface area contributed by atoms with Crippen molar-refractivity contribution >= 4 is 28.6 Å². The molecular formula is C20H27N7O. The Morgan fingerprint density at radius 3 is 2.68 bits per heavy atom. The van der Waals surface area contributed by atoms with Gasteiger partial charge in [0.1, 0.15) is 11.6 Å². The summed E-state index contributed by atoms with van der Waals surface area (Å²) in [5, 5.41) is 23.0. The summed E-state index contributed by atoms with van der Waals surface area (Å²) < 4.78 is 0. The summed E-state index contributed by atoms with van der Waals surface area (Å²) >= 11 is 0. The van der Waals surface area contributed by atoms with Crippen molar-refractivity contribution in [2.24, 2.45) is 16.9 Å². The number of aromatic nitrogens is 2. The molecular weight excluding hydrogens is 354 g/mol. The molecule has 2 aromatic heterocycles. The van der Waals surface area contributed by atoms with Crippen LogP contribution in [0.4, 0.5) is 5.82 Å². The van der Waals surface area contributed by atoms with Crippen molar-refractivity contribution in [3.8, 4) is 0 Å². The average molecular weight is 381 g/mol. The predicted octanol–water partition coefficient (Wildman–Crippen LogP) is 1.91. The maximum Gasteiger partial charge on any atom is 0.132 e. The van der Waals surface area contributed by atoms with Crippen molar-refractivity contribution in [3.05, 3.63) is 59.8 Å². The Balaban J connectivity index is 2.34. The highest BCUT2D eigenvalue weighted by atomic mass is 16.3. The van der Waals surface area contributed by atoms with E-state index in [4.69, 9.17) is 16.9 Å². The summed E-state index contributed by atoms with van der Waals surface area (Å²) in [5.41, 5.74) is 14.8. The zero-order chi connectivity index (χ0) is 20.7. The number of fused-ring (bicyclic) bond motifs is 1. The molecule has 0 bridgehead atoms. The number of nitrogens with two attached hydrogens (primary N) is 2. The van der Waals surface area contributed by atoms with Crippen molar-refractivity contribution in [2.75, 3.05) is 19.0 Å². The van der Waals surface area contributed by atoms with Crippen molar-refractivity contribution in [1.29, 1.82) is 5.41 Å². The third kappa shape index (κ3) is 4.86. The molecule has 0 aliphatic carbocycles. The maximum absolute atomic E-state index is 9.51. The first kappa shape index (κ1) is 20.9. The van der Waals surface area contributed by atoms with Crippen LogP contribution in [0.25, 0.3) is 16.6 Å². The number of hydrogen-bond donors (Lipinski definition) is 6. The first-order valence-electron chi connectivity index (χ1n) is 8.77. The second-order valence-corrected chi connectivity index (χ2v) is 6.88. The van der Waals surface area contributed by atoms with Crippen LogP contribution in [-0.4, -0.2) is 34.9 Å². The minimum atomic E-state index is -0.514. The molecule has 0 atom stereocenters. The van der Waals surface area contributed by atoms with Crippen LogP contribution in [0, 0.1) is 10.8 Å². The molecule has 0 aliphatic heterocycles. The molecule has 2 rings (SSSR count). The quantitative estimate of drug-likeness (QED) is 0.302. The second-order valence-electron chi connectivity index (χ2n) is 6.88. The number of nitrogens with zero attached hydrogens (tertiary/aromatic N) is 2. The number of nitrogens with one attached hydrogen (secondary N) is 3. The fourth-order valence-corrected chi connectivity index (χ4v) is 2.51. The lowest BCUT2D eigenvalue weighted by molar-refractivity contribution is 0.192. The van der Waals surface area contributed by atoms with E-state index in [1.165, 1.54) is 12.4 Å². The minimum Gasteiger partial charge on any atom is -0.404 e. The van der Waals surface area contributed by atoms with Gasteiger partial charge in [-0.05, 0) is 36.0 Å². The second kappa shape index (κ2) is 9.01. The van der Waals surface area contributed by atoms with Gasteiger partial charge in [-0.1, -0.05) is 13.8 Å². The van der Waals surface area contributed by atoms with Gasteiger partial charge in [-0.2, -0.15) is 0 Å². The summed E-state index contributed by atoms with van der Waals surface area (Å²) in [5.74, 6) is 0.900. The SMILES string of the molecule is CN/C=C(\C=N)c1cnc2ccc(N/C(N)=C/C(=C\N)C(C)(C)CO)nc2c1. The topological polar surface area (TPSA) is 146 Å². The highest BCUT2D eigenvalue weighted by Crippen LogP contribution is 2.26. The molecule has 28 heavy (non-hydrogen) atoms. The fraction of sp³-hybridized carbons (Fsp3) is 0.250. The van der Waals surface area contributed by atoms with Crippen LogP contribution in [0.1, 0.15) is 19.4 Å². The maximum atomic E-state index is 9.51. The summed E-state index contributed by atoms with van der Waals surface area (Å²) in [7, 11) is 1.77. The van der Waals surface area contributed by atoms with Gasteiger partial charge in [-0.3, -0.25) is 4.98 Å². The number of aliphatic hydroxyl groups excluding tert-OH is 1. The molecule has 8 nitrogen and oxygen atoms in total. The van der Waals surface area contributed by atoms with E-state index in [9.17, 15) is 5.11 Å². The molecule has 0 aliphatic rings. The van der Waals surface area contributed by atoms with E-state index in [0.717, 1.165) is 11.1 Å². The van der Waals surface area contributed by atoms with E-state index in [1.807, 2.05) is 26.0 Å². The molecule has 0 radical (unpaired) electrons. The van der Waals surface area contributed by atoms with E-state index < -0.39 is 5.41 Å². The molecule has 0 unspecified atom stereocenters. The van der Waals surface area contributed by atoms with Gasteiger partial charge in [0.25, 0.3) is 0 Å². The van der Waals surface area contributed by atoms with Gasteiger partial charge in [-0.15, -0.1) is 0 Å². The summed E-state index contributed by atoms with van der Waals surface area (Å²) in [6, 6.07) is 5.48. The van der Waals surface area contributed by atoms with Crippen molar-refractivity contribution in [2.45, 2.75) is 13.8 Å². The largest absolute Gasteiger partial charge is 0.404 e. The minimum absolute atomic E-state index is 0.0576. The lowest BCUT2D eigenvalue weighted by Gasteiger charge is -2.23. The van der Waals surface area contributed by atoms with Gasteiger partial charge in [0.05, 0.1) is 17.6 Å². The van der Waals surface area contributed by atoms with Gasteiger partial charge in [0.2, 0.25) is 0 Å². The molecule has 0 aromatic carbocycles. The first-order valence-corrected chi connectivity index (χ1v) is 8.77. The van der Waals surface area contributed by atoms with E-state index in [1.54, 1.807) is 31.6 Å². The Hall–Kier alpha value is -3.39. The lowest BCUT2D eigenvalue weighted by atomic mass is 9.85. The molecule has 0 saturated heterocycles. The van der Waals surface area contributed by atoms with E-state index in [0.29, 0.717) is 28.3 Å². The Morgan fingerprint density at radius 1 is 1.32 bits per heavy atom. The highest BCUT2D eigenvalue weighted by molar-refractivity contribution is 6.08. The molecule has 0 fully saturated rings. The summed E-state index contributed by atoms with van der Waals surface area (Å²) in [4.78, 5) is 8.95. The number of aliphatic hydroxyl groups is 1. The van der Waals surface area contributed by atoms with Crippen LogP contribution in [0.3, 0.4) is 0 Å². The molecule has 0 saturated carbocycles. The standard InChI is InChI=1S/C20H27N7O/c1-20(2,12-28)15(9-22)7-18(23)27-19-5-4-16-17(26-19)6-13(11-25-16)14(8-21)10-24-3/h4-11,21,24,28H,12,22-23H2,1-3H3,(H,26,27)/b14-10+,15-9+,18-7+,21-8?. The number of hydrogen-bond acceptors (Lipinski definition) is 8. The number of allylic oxidation sites excluding steroid dienone is 2. The zero-order valence-corrected chi connectivity index (χ0v) is 16.3. The van der Waals surface area contributed by atoms with Crippen LogP contribution in [0.2, 0.25) is 0 Å². The number of rotatable bonds is 8. The van der Waals surface area contributed by atoms with Crippen molar-refractivity contribution < 1.29 is 5.11 Å². The number of pyridine rings is 2. The fourth-order valence-electron chi connectivity index (χ4n) is 2.51. The molecule has 148 valence electrons. The van der Waals surface area contributed by atoms with Crippen molar-refractivity contribution in [3.63, 3.8) is 0 Å². The highest BCUT2D eigenvalue weighted by Gasteiger charge is 2.20. The van der Waals surface area contributed by atoms with Crippen LogP contribution in [0.15, 0.2) is 54.3 Å². The number of anilines is 1. The van der Waals surface area contributed by atoms with Crippen LogP contribution in [0.5, 0.6) is 0 Å². The van der Waals surface area contributed by atoms with Gasteiger partial charge in [0, 0.05) is 42.2 Å². The van der Waals surface area contributed by atoms with Gasteiger partial charge >= 0.3 is 0 Å². The van der Waals surface area contributed by atoms with E-state index >= 15 is 0 Å². The van der Waals surface area contributed by atoms with Gasteiger partial charge in [0.15, 0.2) is 0 Å². The van der Waals surface area contributed by atoms with E-state index in [2.05, 4.69) is 20.6 Å². The zero-order valence-electron chi connectivity index (χ0n) is 16.3. The van der Waals surface area contributed by atoms with Crippen LogP contribution in [-0.2, 0) is 0 Å². The normalized spacial score (nSPS) is 13.5. The Morgan fingerprint density at radius 2 is 2.07 bits per heavy atom. The molecule has 0 spiro atoms. The lowest BCUT2D eigenvalue weighted by Crippen LogP contribution is -2.21. The van der Waals surface area contributed by atoms with Crippen LogP contribution < -0.4 is 22.1 Å². The molecule has 8 heteroatoms. The molecule has 8 N–H and O–H groups in total. The van der Waals surface area contributed by atoms with Gasteiger partial charge < -0.3 is 32.6 Å². The Kier molecular flexibility index (Phi) is 6.73. The Bertz CT molecular complexity index is 945. The summed E-state index contributed by atoms with van der Waals surface area (Å²) in [6.07, 6.45) is 7.80. The first-order chi connectivity index (χ1) is 13.3. The van der Waals surface area contributed by atoms with Gasteiger partial charge in [-0.25, -0.2) is 4.98 Å². The molecule has 2 aromatic rings. The average Bonchev–Trinajstić information content (AvgIpc) is 2.69. The molecule has 2 heterocycles. The monoisotopic (exact) mass is 381 g/mol. The third-order valence-corrected chi connectivity index (χ3v) is 4.27. The smallest absolute Gasteiger partial charge is 0.132 e. The Labute approximate surface area is 164 Å². The summed E-state index contributed by atoms with van der Waals surface area (Å²) in [6.45, 7) is 3.69. The third-order valence-electron chi connectivity index (χ3n) is 4.27.